The zero-order valence-corrected chi connectivity index (χ0v) is 16.4. The fourth-order valence-electron chi connectivity index (χ4n) is 2.97. The average Bonchev–Trinajstić information content (AvgIpc) is 3.33. The van der Waals surface area contributed by atoms with Crippen LogP contribution in [0.3, 0.4) is 0 Å². The summed E-state index contributed by atoms with van der Waals surface area (Å²) in [5.74, 6) is -1.42. The number of nitrogens with two attached hydrogens (primary N) is 1. The maximum atomic E-state index is 12.6. The summed E-state index contributed by atoms with van der Waals surface area (Å²) >= 11 is 0. The molecular weight excluding hydrogens is 431 g/mol. The van der Waals surface area contributed by atoms with E-state index in [1.54, 1.807) is 10.7 Å². The van der Waals surface area contributed by atoms with Crippen LogP contribution in [-0.2, 0) is 0 Å². The smallest absolute Gasteiger partial charge is 0.405 e. The fraction of sp³-hybridized carbons (Fsp3) is 0.263. The summed E-state index contributed by atoms with van der Waals surface area (Å²) in [7, 11) is 0. The number of aromatic nitrogens is 3. The minimum atomic E-state index is -4.36. The number of anilines is 2. The highest BCUT2D eigenvalue weighted by Gasteiger charge is 2.27. The number of hydrogen-bond acceptors (Lipinski definition) is 7. The van der Waals surface area contributed by atoms with Gasteiger partial charge in [0, 0.05) is 30.5 Å². The first-order valence-electron chi connectivity index (χ1n) is 9.47. The van der Waals surface area contributed by atoms with Crippen LogP contribution in [0, 0.1) is 0 Å². The van der Waals surface area contributed by atoms with Gasteiger partial charge in [0.25, 0.3) is 11.8 Å². The maximum absolute atomic E-state index is 12.6. The van der Waals surface area contributed by atoms with E-state index in [4.69, 9.17) is 10.2 Å². The topological polar surface area (TPSA) is 140 Å². The van der Waals surface area contributed by atoms with Crippen LogP contribution >= 0.6 is 0 Å². The van der Waals surface area contributed by atoms with E-state index in [1.807, 2.05) is 0 Å². The van der Waals surface area contributed by atoms with Crippen molar-refractivity contribution in [3.63, 3.8) is 0 Å². The van der Waals surface area contributed by atoms with E-state index >= 15 is 0 Å². The Hall–Kier alpha value is -3.87. The molecule has 1 fully saturated rings. The predicted molar refractivity (Wildman–Crippen MR) is 107 cm³/mol. The van der Waals surface area contributed by atoms with E-state index in [2.05, 4.69) is 26.0 Å². The number of primary amides is 1. The van der Waals surface area contributed by atoms with Crippen molar-refractivity contribution in [1.29, 1.82) is 0 Å². The molecule has 2 aromatic heterocycles. The monoisotopic (exact) mass is 449 g/mol. The molecule has 0 aliphatic carbocycles. The number of hydrogen-bond donors (Lipinski definition) is 4. The number of carbonyl (C=O) groups excluding carboxylic acids is 2. The minimum Gasteiger partial charge on any atom is -0.444 e. The lowest BCUT2D eigenvalue weighted by Crippen LogP contribution is -2.43. The molecule has 0 bridgehead atoms. The van der Waals surface area contributed by atoms with Gasteiger partial charge in [-0.1, -0.05) is 6.07 Å². The normalized spacial score (nSPS) is 14.1. The van der Waals surface area contributed by atoms with Crippen LogP contribution in [-0.4, -0.2) is 52.4 Å². The Morgan fingerprint density at radius 3 is 2.75 bits per heavy atom. The third-order valence-corrected chi connectivity index (χ3v) is 4.69. The van der Waals surface area contributed by atoms with Gasteiger partial charge in [-0.15, -0.1) is 0 Å². The van der Waals surface area contributed by atoms with E-state index < -0.39 is 24.5 Å². The standard InChI is InChI=1S/C19H18F3N7O3/c20-19(21,22)9-25-11-3-1-2-10(4-11)18-27-14(8-32-18)17(31)26-13-7-29(12-5-24-6-12)28-15(13)16(23)30/h1-4,7-8,12,24-25H,5-6,9H2,(H2,23,30)(H,26,31). The van der Waals surface area contributed by atoms with Gasteiger partial charge in [-0.05, 0) is 18.2 Å². The van der Waals surface area contributed by atoms with Crippen LogP contribution in [0.2, 0.25) is 0 Å². The van der Waals surface area contributed by atoms with Crippen LogP contribution in [0.25, 0.3) is 11.5 Å². The number of rotatable bonds is 7. The minimum absolute atomic E-state index is 0.0390. The second kappa shape index (κ2) is 8.34. The summed E-state index contributed by atoms with van der Waals surface area (Å²) in [6, 6.07) is 6.04. The van der Waals surface area contributed by atoms with Crippen LogP contribution in [0.5, 0.6) is 0 Å². The molecule has 4 rings (SSSR count). The Balaban J connectivity index is 1.49. The molecule has 10 nitrogen and oxygen atoms in total. The molecule has 5 N–H and O–H groups in total. The summed E-state index contributed by atoms with van der Waals surface area (Å²) in [4.78, 5) is 28.4. The summed E-state index contributed by atoms with van der Waals surface area (Å²) in [5, 5.41) is 12.0. The molecule has 168 valence electrons. The van der Waals surface area contributed by atoms with Crippen molar-refractivity contribution in [3.8, 4) is 11.5 Å². The molecule has 0 spiro atoms. The van der Waals surface area contributed by atoms with E-state index in [9.17, 15) is 22.8 Å². The maximum Gasteiger partial charge on any atom is 0.405 e. The Morgan fingerprint density at radius 2 is 2.09 bits per heavy atom. The average molecular weight is 449 g/mol. The predicted octanol–water partition coefficient (Wildman–Crippen LogP) is 2.01. The first-order chi connectivity index (χ1) is 15.2. The van der Waals surface area contributed by atoms with Gasteiger partial charge in [0.1, 0.15) is 12.8 Å². The summed E-state index contributed by atoms with van der Waals surface area (Å²) in [6.07, 6.45) is -1.75. The van der Waals surface area contributed by atoms with Crippen LogP contribution in [0.1, 0.15) is 27.0 Å². The van der Waals surface area contributed by atoms with Gasteiger partial charge in [0.2, 0.25) is 5.89 Å². The molecule has 0 saturated carbocycles. The number of alkyl halides is 3. The van der Waals surface area contributed by atoms with Crippen molar-refractivity contribution >= 4 is 23.2 Å². The Kier molecular flexibility index (Phi) is 5.57. The molecule has 0 radical (unpaired) electrons. The van der Waals surface area contributed by atoms with Gasteiger partial charge in [-0.3, -0.25) is 14.3 Å². The molecule has 1 aromatic carbocycles. The lowest BCUT2D eigenvalue weighted by atomic mass is 10.2. The van der Waals surface area contributed by atoms with Gasteiger partial charge in [-0.25, -0.2) is 4.98 Å². The van der Waals surface area contributed by atoms with Gasteiger partial charge >= 0.3 is 6.18 Å². The molecule has 1 aliphatic heterocycles. The molecule has 0 atom stereocenters. The van der Waals surface area contributed by atoms with Crippen molar-refractivity contribution in [2.24, 2.45) is 5.73 Å². The lowest BCUT2D eigenvalue weighted by Gasteiger charge is -2.27. The lowest BCUT2D eigenvalue weighted by molar-refractivity contribution is -0.115. The highest BCUT2D eigenvalue weighted by molar-refractivity contribution is 6.07. The van der Waals surface area contributed by atoms with Gasteiger partial charge in [0.15, 0.2) is 11.4 Å². The van der Waals surface area contributed by atoms with Crippen molar-refractivity contribution < 1.29 is 27.2 Å². The second-order valence-electron chi connectivity index (χ2n) is 7.09. The number of benzene rings is 1. The number of halogens is 3. The second-order valence-corrected chi connectivity index (χ2v) is 7.09. The Morgan fingerprint density at radius 1 is 1.31 bits per heavy atom. The van der Waals surface area contributed by atoms with Gasteiger partial charge < -0.3 is 26.1 Å². The van der Waals surface area contributed by atoms with E-state index in [-0.39, 0.29) is 34.7 Å². The first-order valence-corrected chi connectivity index (χ1v) is 9.47. The largest absolute Gasteiger partial charge is 0.444 e. The quantitative estimate of drug-likeness (QED) is 0.433. The molecular formula is C19H18F3N7O3. The summed E-state index contributed by atoms with van der Waals surface area (Å²) in [6.45, 7) is 0.163. The SMILES string of the molecule is NC(=O)c1nn(C2CNC2)cc1NC(=O)c1coc(-c2cccc(NCC(F)(F)F)c2)n1. The Labute approximate surface area is 179 Å². The molecule has 3 heterocycles. The zero-order chi connectivity index (χ0) is 22.9. The van der Waals surface area contributed by atoms with Crippen molar-refractivity contribution in [3.05, 3.63) is 48.1 Å². The van der Waals surface area contributed by atoms with Crippen molar-refractivity contribution in [1.82, 2.24) is 20.1 Å². The van der Waals surface area contributed by atoms with Crippen LogP contribution in [0.15, 0.2) is 41.1 Å². The molecule has 0 unspecified atom stereocenters. The third kappa shape index (κ3) is 4.72. The van der Waals surface area contributed by atoms with Crippen LogP contribution < -0.4 is 21.7 Å². The fourth-order valence-corrected chi connectivity index (χ4v) is 2.97. The number of nitrogens with one attached hydrogen (secondary N) is 3. The van der Waals surface area contributed by atoms with Gasteiger partial charge in [-0.2, -0.15) is 18.3 Å². The third-order valence-electron chi connectivity index (χ3n) is 4.69. The van der Waals surface area contributed by atoms with E-state index in [0.29, 0.717) is 18.7 Å². The number of nitrogens with zero attached hydrogens (tertiary/aromatic N) is 3. The number of carbonyl (C=O) groups is 2. The van der Waals surface area contributed by atoms with E-state index in [1.165, 1.54) is 24.4 Å². The molecule has 3 aromatic rings. The molecule has 13 heteroatoms. The molecule has 2 amide bonds. The highest BCUT2D eigenvalue weighted by Crippen LogP contribution is 2.25. The zero-order valence-electron chi connectivity index (χ0n) is 16.4. The number of oxazole rings is 1. The van der Waals surface area contributed by atoms with Gasteiger partial charge in [0.05, 0.1) is 11.7 Å². The highest BCUT2D eigenvalue weighted by atomic mass is 19.4. The molecule has 1 aliphatic rings. The van der Waals surface area contributed by atoms with Crippen molar-refractivity contribution in [2.75, 3.05) is 30.3 Å². The van der Waals surface area contributed by atoms with Crippen molar-refractivity contribution in [2.45, 2.75) is 12.2 Å². The molecule has 32 heavy (non-hydrogen) atoms. The summed E-state index contributed by atoms with van der Waals surface area (Å²) < 4.78 is 44.1. The van der Waals surface area contributed by atoms with E-state index in [0.717, 1.165) is 6.26 Å². The first kappa shape index (κ1) is 21.4. The Bertz CT molecular complexity index is 1150. The molecule has 1 saturated heterocycles. The summed E-state index contributed by atoms with van der Waals surface area (Å²) in [5.41, 5.74) is 5.90. The van der Waals surface area contributed by atoms with Crippen LogP contribution in [0.4, 0.5) is 24.5 Å². The number of amides is 2.